The highest BCUT2D eigenvalue weighted by Gasteiger charge is 2.46. The van der Waals surface area contributed by atoms with E-state index < -0.39 is 0 Å². The van der Waals surface area contributed by atoms with E-state index in [2.05, 4.69) is 27.0 Å². The van der Waals surface area contributed by atoms with E-state index in [-0.39, 0.29) is 18.1 Å². The van der Waals surface area contributed by atoms with Gasteiger partial charge in [-0.3, -0.25) is 14.7 Å². The van der Waals surface area contributed by atoms with Crippen LogP contribution in [-0.4, -0.2) is 64.6 Å². The molecule has 7 heteroatoms. The average molecular weight is 445 g/mol. The summed E-state index contributed by atoms with van der Waals surface area (Å²) in [5.74, 6) is 1.44. The van der Waals surface area contributed by atoms with Crippen LogP contribution < -0.4 is 9.47 Å². The molecule has 0 aliphatic carbocycles. The lowest BCUT2D eigenvalue weighted by atomic mass is 9.87. The van der Waals surface area contributed by atoms with Crippen LogP contribution in [0.1, 0.15) is 34.8 Å². The van der Waals surface area contributed by atoms with Gasteiger partial charge in [0.25, 0.3) is 5.91 Å². The topological polar surface area (TPSA) is 67.8 Å². The molecule has 0 bridgehead atoms. The monoisotopic (exact) mass is 444 g/mol. The van der Waals surface area contributed by atoms with Gasteiger partial charge in [0.1, 0.15) is 11.9 Å². The van der Waals surface area contributed by atoms with Gasteiger partial charge < -0.3 is 14.4 Å². The third-order valence-electron chi connectivity index (χ3n) is 6.59. The second-order valence-corrected chi connectivity index (χ2v) is 8.50. The number of hydrogen-bond donors (Lipinski definition) is 0. The number of likely N-dealkylation sites (tertiary alicyclic amines) is 2. The fourth-order valence-electron chi connectivity index (χ4n) is 4.83. The van der Waals surface area contributed by atoms with Gasteiger partial charge in [-0.1, -0.05) is 18.2 Å². The molecule has 5 rings (SSSR count). The number of hydrogen-bond acceptors (Lipinski definition) is 6. The summed E-state index contributed by atoms with van der Waals surface area (Å²) >= 11 is 0. The summed E-state index contributed by atoms with van der Waals surface area (Å²) in [5.41, 5.74) is 1.82. The lowest BCUT2D eigenvalue weighted by Gasteiger charge is -2.53. The summed E-state index contributed by atoms with van der Waals surface area (Å²) < 4.78 is 11.4. The van der Waals surface area contributed by atoms with Crippen LogP contribution in [0, 0.1) is 0 Å². The van der Waals surface area contributed by atoms with Crippen molar-refractivity contribution >= 4 is 5.91 Å². The third-order valence-corrected chi connectivity index (χ3v) is 6.59. The summed E-state index contributed by atoms with van der Waals surface area (Å²) in [6.07, 6.45) is 7.25. The molecule has 2 unspecified atom stereocenters. The number of amides is 1. The summed E-state index contributed by atoms with van der Waals surface area (Å²) in [7, 11) is 1.57. The maximum Gasteiger partial charge on any atom is 0.255 e. The van der Waals surface area contributed by atoms with Crippen LogP contribution in [0.25, 0.3) is 0 Å². The number of nitrogens with zero attached hydrogens (tertiary/aromatic N) is 4. The predicted molar refractivity (Wildman–Crippen MR) is 124 cm³/mol. The van der Waals surface area contributed by atoms with Crippen molar-refractivity contribution in [3.63, 3.8) is 0 Å². The molecule has 2 aliphatic rings. The molecule has 2 saturated heterocycles. The Bertz CT molecular complexity index is 1050. The van der Waals surface area contributed by atoms with E-state index in [9.17, 15) is 4.79 Å². The van der Waals surface area contributed by atoms with Crippen molar-refractivity contribution in [3.05, 3.63) is 84.3 Å². The first kappa shape index (κ1) is 21.4. The molecule has 1 aromatic carbocycles. The normalized spacial score (nSPS) is 21.3. The van der Waals surface area contributed by atoms with E-state index in [0.717, 1.165) is 38.2 Å². The van der Waals surface area contributed by atoms with Gasteiger partial charge in [-0.15, -0.1) is 0 Å². The Morgan fingerprint density at radius 2 is 1.76 bits per heavy atom. The zero-order valence-electron chi connectivity index (χ0n) is 18.7. The molecule has 33 heavy (non-hydrogen) atoms. The molecule has 0 radical (unpaired) electrons. The van der Waals surface area contributed by atoms with Crippen LogP contribution in [0.2, 0.25) is 0 Å². The molecule has 0 saturated carbocycles. The van der Waals surface area contributed by atoms with Gasteiger partial charge in [0.15, 0.2) is 0 Å². The van der Waals surface area contributed by atoms with E-state index in [0.29, 0.717) is 17.5 Å². The Balaban J connectivity index is 1.24. The highest BCUT2D eigenvalue weighted by Crippen LogP contribution is 2.40. The van der Waals surface area contributed by atoms with Crippen molar-refractivity contribution in [3.8, 4) is 11.6 Å². The molecule has 0 N–H and O–H groups in total. The Morgan fingerprint density at radius 1 is 1.00 bits per heavy atom. The molecule has 4 heterocycles. The molecule has 2 aliphatic heterocycles. The minimum atomic E-state index is 0.0307. The summed E-state index contributed by atoms with van der Waals surface area (Å²) in [6.45, 7) is 2.35. The number of carbonyl (C=O) groups is 1. The lowest BCUT2D eigenvalue weighted by Crippen LogP contribution is -2.61. The minimum Gasteiger partial charge on any atom is -0.487 e. The molecular weight excluding hydrogens is 416 g/mol. The quantitative estimate of drug-likeness (QED) is 0.579. The SMILES string of the molecule is COc1ccc(C(=O)N2CCC(N3CC(Oc4ccccc4)C3c3ccncc3)CC2)cn1. The van der Waals surface area contributed by atoms with Crippen LogP contribution in [0.15, 0.2) is 73.2 Å². The zero-order valence-corrected chi connectivity index (χ0v) is 18.7. The second-order valence-electron chi connectivity index (χ2n) is 8.50. The van der Waals surface area contributed by atoms with Gasteiger partial charge >= 0.3 is 0 Å². The van der Waals surface area contributed by atoms with Gasteiger partial charge in [0, 0.05) is 50.3 Å². The number of carbonyl (C=O) groups excluding carboxylic acids is 1. The zero-order chi connectivity index (χ0) is 22.6. The van der Waals surface area contributed by atoms with Crippen molar-refractivity contribution in [2.45, 2.75) is 31.0 Å². The van der Waals surface area contributed by atoms with E-state index >= 15 is 0 Å². The number of rotatable bonds is 6. The maximum atomic E-state index is 12.9. The number of ether oxygens (including phenoxy) is 2. The second kappa shape index (κ2) is 9.58. The number of benzene rings is 1. The maximum absolute atomic E-state index is 12.9. The van der Waals surface area contributed by atoms with Gasteiger partial charge in [-0.2, -0.15) is 0 Å². The summed E-state index contributed by atoms with van der Waals surface area (Å²) in [5, 5.41) is 0. The number of aromatic nitrogens is 2. The number of pyridine rings is 2. The van der Waals surface area contributed by atoms with E-state index in [1.165, 1.54) is 5.56 Å². The van der Waals surface area contributed by atoms with Gasteiger partial charge in [0.05, 0.1) is 18.7 Å². The average Bonchev–Trinajstić information content (AvgIpc) is 2.87. The molecule has 7 nitrogen and oxygen atoms in total. The van der Waals surface area contributed by atoms with Crippen molar-refractivity contribution < 1.29 is 14.3 Å². The number of piperidine rings is 1. The molecule has 3 aromatic rings. The fraction of sp³-hybridized carbons (Fsp3) is 0.346. The first-order valence-corrected chi connectivity index (χ1v) is 11.4. The first-order valence-electron chi connectivity index (χ1n) is 11.4. The summed E-state index contributed by atoms with van der Waals surface area (Å²) in [4.78, 5) is 25.7. The Hall–Kier alpha value is -3.45. The van der Waals surface area contributed by atoms with Crippen molar-refractivity contribution in [2.24, 2.45) is 0 Å². The van der Waals surface area contributed by atoms with Crippen molar-refractivity contribution in [1.29, 1.82) is 0 Å². The van der Waals surface area contributed by atoms with Gasteiger partial charge in [-0.25, -0.2) is 4.98 Å². The molecule has 1 amide bonds. The summed E-state index contributed by atoms with van der Waals surface area (Å²) in [6, 6.07) is 18.3. The standard InChI is InChI=1S/C26H28N4O3/c1-32-24-8-7-20(17-28-24)26(31)29-15-11-21(12-16-29)30-18-23(33-22-5-3-2-4-6-22)25(30)19-9-13-27-14-10-19/h2-10,13-14,17,21,23,25H,11-12,15-16,18H2,1H3. The molecule has 2 fully saturated rings. The van der Waals surface area contributed by atoms with Crippen LogP contribution in [0.5, 0.6) is 11.6 Å². The van der Waals surface area contributed by atoms with E-state index in [1.54, 1.807) is 25.4 Å². The Kier molecular flexibility index (Phi) is 6.21. The van der Waals surface area contributed by atoms with Crippen LogP contribution in [-0.2, 0) is 0 Å². The Labute approximate surface area is 194 Å². The van der Waals surface area contributed by atoms with Crippen LogP contribution in [0.4, 0.5) is 0 Å². The molecule has 2 aromatic heterocycles. The highest BCUT2D eigenvalue weighted by molar-refractivity contribution is 5.94. The van der Waals surface area contributed by atoms with Gasteiger partial charge in [0.2, 0.25) is 5.88 Å². The minimum absolute atomic E-state index is 0.0307. The molecule has 170 valence electrons. The van der Waals surface area contributed by atoms with E-state index in [1.807, 2.05) is 47.6 Å². The fourth-order valence-corrected chi connectivity index (χ4v) is 4.83. The van der Waals surface area contributed by atoms with E-state index in [4.69, 9.17) is 9.47 Å². The first-order chi connectivity index (χ1) is 16.2. The third kappa shape index (κ3) is 4.54. The van der Waals surface area contributed by atoms with Gasteiger partial charge in [-0.05, 0) is 48.7 Å². The van der Waals surface area contributed by atoms with Crippen molar-refractivity contribution in [2.75, 3.05) is 26.7 Å². The molecule has 0 spiro atoms. The smallest absolute Gasteiger partial charge is 0.255 e. The van der Waals surface area contributed by atoms with Crippen molar-refractivity contribution in [1.82, 2.24) is 19.8 Å². The largest absolute Gasteiger partial charge is 0.487 e. The molecule has 2 atom stereocenters. The Morgan fingerprint density at radius 3 is 2.42 bits per heavy atom. The predicted octanol–water partition coefficient (Wildman–Crippen LogP) is 3.59. The number of methoxy groups -OCH3 is 1. The highest BCUT2D eigenvalue weighted by atomic mass is 16.5. The van der Waals surface area contributed by atoms with Crippen LogP contribution >= 0.6 is 0 Å². The van der Waals surface area contributed by atoms with Crippen LogP contribution in [0.3, 0.4) is 0 Å². The lowest BCUT2D eigenvalue weighted by molar-refractivity contribution is -0.0842. The molecular formula is C26H28N4O3. The number of para-hydroxylation sites is 1.